The molecule has 3 aromatic rings. The van der Waals surface area contributed by atoms with Gasteiger partial charge in [0, 0.05) is 24.9 Å². The van der Waals surface area contributed by atoms with Gasteiger partial charge in [0.05, 0.1) is 12.8 Å². The van der Waals surface area contributed by atoms with Crippen LogP contribution in [0.5, 0.6) is 5.75 Å². The first kappa shape index (κ1) is 14.5. The van der Waals surface area contributed by atoms with Gasteiger partial charge in [-0.05, 0) is 17.7 Å². The van der Waals surface area contributed by atoms with Gasteiger partial charge in [-0.1, -0.05) is 47.8 Å². The molecular formula is C16H16N4OS. The van der Waals surface area contributed by atoms with E-state index in [0.29, 0.717) is 16.9 Å². The molecule has 22 heavy (non-hydrogen) atoms. The van der Waals surface area contributed by atoms with Crippen molar-refractivity contribution in [3.8, 4) is 5.75 Å². The van der Waals surface area contributed by atoms with Gasteiger partial charge in [-0.15, -0.1) is 5.10 Å². The maximum Gasteiger partial charge on any atom is 0.153 e. The number of H-pyrrole nitrogens is 1. The number of aromatic amines is 1. The molecule has 0 amide bonds. The summed E-state index contributed by atoms with van der Waals surface area (Å²) in [6.45, 7) is 0.673. The van der Waals surface area contributed by atoms with E-state index in [1.165, 1.54) is 5.56 Å². The van der Waals surface area contributed by atoms with Crippen molar-refractivity contribution in [2.24, 2.45) is 0 Å². The van der Waals surface area contributed by atoms with Crippen molar-refractivity contribution < 1.29 is 4.74 Å². The Morgan fingerprint density at radius 3 is 2.73 bits per heavy atom. The summed E-state index contributed by atoms with van der Waals surface area (Å²) in [6.07, 6.45) is 3.78. The third-order valence-electron chi connectivity index (χ3n) is 3.58. The molecule has 0 aliphatic rings. The Kier molecular flexibility index (Phi) is 4.29. The smallest absolute Gasteiger partial charge is 0.153 e. The molecule has 1 N–H and O–H groups in total. The number of rotatable bonds is 5. The van der Waals surface area contributed by atoms with Crippen molar-refractivity contribution in [3.63, 3.8) is 0 Å². The van der Waals surface area contributed by atoms with Crippen LogP contribution >= 0.6 is 12.2 Å². The largest absolute Gasteiger partial charge is 0.494 e. The number of ether oxygens (including phenoxy) is 1. The number of hydrogen-bond acceptors (Lipinski definition) is 4. The van der Waals surface area contributed by atoms with Crippen molar-refractivity contribution in [2.75, 3.05) is 7.11 Å². The molecule has 5 nitrogen and oxygen atoms in total. The van der Waals surface area contributed by atoms with E-state index in [-0.39, 0.29) is 5.92 Å². The number of methoxy groups -OCH3 is 1. The van der Waals surface area contributed by atoms with Gasteiger partial charge in [-0.25, -0.2) is 0 Å². The molecule has 0 bridgehead atoms. The zero-order chi connectivity index (χ0) is 15.4. The summed E-state index contributed by atoms with van der Waals surface area (Å²) in [6, 6.07) is 14.0. The van der Waals surface area contributed by atoms with Crippen molar-refractivity contribution in [1.82, 2.24) is 20.0 Å². The first-order valence-electron chi connectivity index (χ1n) is 6.94. The highest BCUT2D eigenvalue weighted by Crippen LogP contribution is 2.25. The number of nitrogens with zero attached hydrogens (tertiary/aromatic N) is 3. The lowest BCUT2D eigenvalue weighted by molar-refractivity contribution is 0.405. The number of hydrogen-bond donors (Lipinski definition) is 1. The lowest BCUT2D eigenvalue weighted by Gasteiger charge is -2.18. The second-order valence-electron chi connectivity index (χ2n) is 4.90. The number of nitrogens with one attached hydrogen (secondary N) is 1. The molecule has 1 aromatic carbocycles. The normalized spacial score (nSPS) is 12.0. The summed E-state index contributed by atoms with van der Waals surface area (Å²) >= 11 is 5.48. The predicted octanol–water partition coefficient (Wildman–Crippen LogP) is 3.18. The summed E-state index contributed by atoms with van der Waals surface area (Å²) < 4.78 is 7.98. The van der Waals surface area contributed by atoms with Gasteiger partial charge < -0.3 is 9.30 Å². The van der Waals surface area contributed by atoms with Crippen molar-refractivity contribution in [3.05, 3.63) is 70.8 Å². The van der Waals surface area contributed by atoms with Crippen LogP contribution in [0.2, 0.25) is 0 Å². The van der Waals surface area contributed by atoms with Gasteiger partial charge in [0.1, 0.15) is 4.64 Å². The highest BCUT2D eigenvalue weighted by Gasteiger charge is 2.18. The van der Waals surface area contributed by atoms with Crippen LogP contribution in [-0.2, 0) is 6.54 Å². The molecule has 0 spiro atoms. The number of benzene rings is 1. The molecule has 0 aliphatic carbocycles. The van der Waals surface area contributed by atoms with Crippen LogP contribution in [0.3, 0.4) is 0 Å². The zero-order valence-corrected chi connectivity index (χ0v) is 13.0. The molecule has 112 valence electrons. The second kappa shape index (κ2) is 6.53. The van der Waals surface area contributed by atoms with Crippen LogP contribution in [0.25, 0.3) is 0 Å². The van der Waals surface area contributed by atoms with E-state index in [1.54, 1.807) is 7.11 Å². The summed E-state index contributed by atoms with van der Waals surface area (Å²) in [7, 11) is 1.63. The molecular weight excluding hydrogens is 296 g/mol. The Bertz CT molecular complexity index is 783. The van der Waals surface area contributed by atoms with Crippen molar-refractivity contribution >= 4 is 12.2 Å². The van der Waals surface area contributed by atoms with E-state index in [9.17, 15) is 0 Å². The minimum Gasteiger partial charge on any atom is -0.494 e. The van der Waals surface area contributed by atoms with Crippen LogP contribution in [0, 0.1) is 4.64 Å². The molecule has 2 heterocycles. The third kappa shape index (κ3) is 2.92. The van der Waals surface area contributed by atoms with E-state index >= 15 is 0 Å². The molecule has 3 rings (SSSR count). The van der Waals surface area contributed by atoms with Crippen LogP contribution in [0.15, 0.2) is 54.9 Å². The van der Waals surface area contributed by atoms with E-state index < -0.39 is 0 Å². The quantitative estimate of drug-likeness (QED) is 0.735. The van der Waals surface area contributed by atoms with Crippen LogP contribution in [0.4, 0.5) is 0 Å². The molecule has 2 aromatic heterocycles. The molecule has 0 radical (unpaired) electrons. The Labute approximate surface area is 133 Å². The number of aromatic nitrogens is 4. The maximum atomic E-state index is 5.48. The van der Waals surface area contributed by atoms with Gasteiger partial charge in [0.15, 0.2) is 5.75 Å². The summed E-state index contributed by atoms with van der Waals surface area (Å²) in [5.41, 5.74) is 2.05. The minimum absolute atomic E-state index is 0.0683. The van der Waals surface area contributed by atoms with Gasteiger partial charge >= 0.3 is 0 Å². The summed E-state index contributed by atoms with van der Waals surface area (Å²) in [5.74, 6) is 0.767. The molecule has 0 saturated carbocycles. The van der Waals surface area contributed by atoms with Crippen LogP contribution < -0.4 is 4.74 Å². The lowest BCUT2D eigenvalue weighted by atomic mass is 9.96. The van der Waals surface area contributed by atoms with Crippen LogP contribution in [-0.4, -0.2) is 27.1 Å². The van der Waals surface area contributed by atoms with Crippen molar-refractivity contribution in [1.29, 1.82) is 0 Å². The molecule has 1 unspecified atom stereocenters. The Balaban J connectivity index is 2.00. The standard InChI is InChI=1S/C16H16N4OS/c1-21-15-8-5-9-20(16(15)22)11-13(14-10-17-19-18-14)12-6-3-2-4-7-12/h2-10,13H,11H2,1H3,(H,17,18,19). The predicted molar refractivity (Wildman–Crippen MR) is 86.5 cm³/mol. The highest BCUT2D eigenvalue weighted by atomic mass is 32.1. The van der Waals surface area contributed by atoms with E-state index in [0.717, 1.165) is 5.69 Å². The second-order valence-corrected chi connectivity index (χ2v) is 5.28. The van der Waals surface area contributed by atoms with Crippen LogP contribution in [0.1, 0.15) is 17.2 Å². The van der Waals surface area contributed by atoms with Gasteiger partial charge in [-0.2, -0.15) is 0 Å². The molecule has 1 atom stereocenters. The highest BCUT2D eigenvalue weighted by molar-refractivity contribution is 7.71. The fraction of sp³-hybridized carbons (Fsp3) is 0.188. The van der Waals surface area contributed by atoms with E-state index in [1.807, 2.05) is 47.3 Å². The SMILES string of the molecule is COc1cccn(CC(c2ccccc2)c2c[nH]nn2)c1=S. The minimum atomic E-state index is 0.0683. The Hall–Kier alpha value is -2.47. The van der Waals surface area contributed by atoms with E-state index in [2.05, 4.69) is 27.5 Å². The average Bonchev–Trinajstić information content (AvgIpc) is 3.09. The van der Waals surface area contributed by atoms with Gasteiger partial charge in [-0.3, -0.25) is 5.10 Å². The zero-order valence-electron chi connectivity index (χ0n) is 12.1. The first-order valence-corrected chi connectivity index (χ1v) is 7.35. The summed E-state index contributed by atoms with van der Waals surface area (Å²) in [4.78, 5) is 0. The maximum absolute atomic E-state index is 5.48. The fourth-order valence-electron chi connectivity index (χ4n) is 2.45. The molecule has 0 aliphatic heterocycles. The van der Waals surface area contributed by atoms with Gasteiger partial charge in [0.25, 0.3) is 0 Å². The van der Waals surface area contributed by atoms with E-state index in [4.69, 9.17) is 17.0 Å². The third-order valence-corrected chi connectivity index (χ3v) is 4.01. The van der Waals surface area contributed by atoms with Crippen molar-refractivity contribution in [2.45, 2.75) is 12.5 Å². The van der Waals surface area contributed by atoms with Gasteiger partial charge in [0.2, 0.25) is 0 Å². The molecule has 6 heteroatoms. The Morgan fingerprint density at radius 1 is 1.23 bits per heavy atom. The first-order chi connectivity index (χ1) is 10.8. The Morgan fingerprint density at radius 2 is 2.05 bits per heavy atom. The average molecular weight is 312 g/mol. The summed E-state index contributed by atoms with van der Waals surface area (Å²) in [5, 5.41) is 10.8. The monoisotopic (exact) mass is 312 g/mol. The molecule has 0 saturated heterocycles. The topological polar surface area (TPSA) is 55.7 Å². The lowest BCUT2D eigenvalue weighted by Crippen LogP contribution is -2.12. The molecule has 0 fully saturated rings. The number of pyridine rings is 1. The fourth-order valence-corrected chi connectivity index (χ4v) is 2.73.